The Morgan fingerprint density at radius 1 is 1.17 bits per heavy atom. The van der Waals surface area contributed by atoms with Gasteiger partial charge in [-0.3, -0.25) is 10.1 Å². The molecule has 0 atom stereocenters. The first-order valence-electron chi connectivity index (χ1n) is 6.35. The van der Waals surface area contributed by atoms with E-state index < -0.39 is 28.1 Å². The van der Waals surface area contributed by atoms with Crippen LogP contribution in [0.25, 0.3) is 16.8 Å². The maximum atomic E-state index is 12.8. The van der Waals surface area contributed by atoms with Gasteiger partial charge in [0.1, 0.15) is 5.69 Å². The van der Waals surface area contributed by atoms with Crippen molar-refractivity contribution in [3.8, 4) is 5.69 Å². The predicted molar refractivity (Wildman–Crippen MR) is 78.5 cm³/mol. The molecule has 6 nitrogen and oxygen atoms in total. The molecule has 0 radical (unpaired) electrons. The highest BCUT2D eigenvalue weighted by Gasteiger charge is 2.33. The molecule has 0 saturated carbocycles. The van der Waals surface area contributed by atoms with Crippen LogP contribution in [0.3, 0.4) is 0 Å². The minimum Gasteiger partial charge on any atom is -0.407 e. The molecular weight excluding hydrogens is 353 g/mol. The number of rotatable bonds is 2. The molecule has 0 fully saturated rings. The summed E-state index contributed by atoms with van der Waals surface area (Å²) in [5, 5.41) is 11.4. The quantitative estimate of drug-likeness (QED) is 0.509. The molecule has 0 unspecified atom stereocenters. The highest BCUT2D eigenvalue weighted by Crippen LogP contribution is 2.35. The van der Waals surface area contributed by atoms with Gasteiger partial charge in [0.15, 0.2) is 5.58 Å². The molecule has 0 N–H and O–H groups in total. The van der Waals surface area contributed by atoms with Gasteiger partial charge in [0, 0.05) is 11.1 Å². The highest BCUT2D eigenvalue weighted by atomic mass is 35.5. The Labute approximate surface area is 135 Å². The van der Waals surface area contributed by atoms with E-state index in [1.807, 2.05) is 0 Å². The molecule has 3 aromatic rings. The van der Waals surface area contributed by atoms with E-state index in [4.69, 9.17) is 16.0 Å². The standard InChI is InChI=1S/C14H6ClF3N2O4/c15-8-2-4-12-11(6-8)19(13(21)24-12)9-3-1-7(14(16,17)18)5-10(9)20(22)23/h1-6H. The summed E-state index contributed by atoms with van der Waals surface area (Å²) < 4.78 is 44.0. The van der Waals surface area contributed by atoms with Crippen molar-refractivity contribution in [1.29, 1.82) is 0 Å². The zero-order valence-corrected chi connectivity index (χ0v) is 12.3. The third kappa shape index (κ3) is 2.62. The second-order valence-corrected chi connectivity index (χ2v) is 5.21. The summed E-state index contributed by atoms with van der Waals surface area (Å²) in [5.74, 6) is -0.977. The minimum absolute atomic E-state index is 0.0959. The second-order valence-electron chi connectivity index (χ2n) is 4.77. The number of nitro groups is 1. The SMILES string of the molecule is O=c1oc2ccc(Cl)cc2n1-c1ccc(C(F)(F)F)cc1[N+](=O)[O-]. The van der Waals surface area contributed by atoms with Crippen molar-refractivity contribution in [3.05, 3.63) is 67.6 Å². The summed E-state index contributed by atoms with van der Waals surface area (Å²) in [5.41, 5.74) is -2.22. The molecule has 0 aliphatic rings. The lowest BCUT2D eigenvalue weighted by molar-refractivity contribution is -0.384. The zero-order chi connectivity index (χ0) is 17.6. The molecule has 1 heterocycles. The Balaban J connectivity index is 2.34. The Morgan fingerprint density at radius 3 is 2.50 bits per heavy atom. The van der Waals surface area contributed by atoms with E-state index in [1.54, 1.807) is 0 Å². The summed E-state index contributed by atoms with van der Waals surface area (Å²) in [4.78, 5) is 22.2. The van der Waals surface area contributed by atoms with Crippen molar-refractivity contribution in [3.63, 3.8) is 0 Å². The van der Waals surface area contributed by atoms with Crippen molar-refractivity contribution < 1.29 is 22.5 Å². The number of halogens is 4. The fourth-order valence-corrected chi connectivity index (χ4v) is 2.42. The first-order valence-corrected chi connectivity index (χ1v) is 6.73. The fraction of sp³-hybridized carbons (Fsp3) is 0.0714. The predicted octanol–water partition coefficient (Wildman–Crippen LogP) is 4.16. The Bertz CT molecular complexity index is 1020. The molecule has 124 valence electrons. The lowest BCUT2D eigenvalue weighted by atomic mass is 10.1. The van der Waals surface area contributed by atoms with Crippen molar-refractivity contribution in [2.45, 2.75) is 6.18 Å². The maximum Gasteiger partial charge on any atom is 0.424 e. The fourth-order valence-electron chi connectivity index (χ4n) is 2.25. The highest BCUT2D eigenvalue weighted by molar-refractivity contribution is 6.31. The van der Waals surface area contributed by atoms with Crippen LogP contribution in [0.1, 0.15) is 5.56 Å². The van der Waals surface area contributed by atoms with Crippen LogP contribution in [0.4, 0.5) is 18.9 Å². The van der Waals surface area contributed by atoms with Crippen molar-refractivity contribution in [2.24, 2.45) is 0 Å². The largest absolute Gasteiger partial charge is 0.424 e. The zero-order valence-electron chi connectivity index (χ0n) is 11.5. The summed E-state index contributed by atoms with van der Waals surface area (Å²) >= 11 is 5.84. The number of nitro benzene ring substituents is 1. The van der Waals surface area contributed by atoms with Gasteiger partial charge >= 0.3 is 11.9 Å². The van der Waals surface area contributed by atoms with E-state index >= 15 is 0 Å². The Kier molecular flexibility index (Phi) is 3.60. The van der Waals surface area contributed by atoms with Crippen molar-refractivity contribution in [2.75, 3.05) is 0 Å². The third-order valence-corrected chi connectivity index (χ3v) is 3.52. The summed E-state index contributed by atoms with van der Waals surface area (Å²) in [6.07, 6.45) is -4.75. The van der Waals surface area contributed by atoms with E-state index in [9.17, 15) is 28.1 Å². The van der Waals surface area contributed by atoms with Crippen LogP contribution in [0, 0.1) is 10.1 Å². The molecule has 10 heteroatoms. The second kappa shape index (κ2) is 5.38. The molecule has 0 amide bonds. The average molecular weight is 359 g/mol. The van der Waals surface area contributed by atoms with E-state index in [2.05, 4.69) is 0 Å². The molecule has 1 aromatic heterocycles. The van der Waals surface area contributed by atoms with Crippen molar-refractivity contribution >= 4 is 28.4 Å². The molecular formula is C14H6ClF3N2O4. The van der Waals surface area contributed by atoms with Crippen LogP contribution in [0.2, 0.25) is 5.02 Å². The third-order valence-electron chi connectivity index (χ3n) is 3.28. The maximum absolute atomic E-state index is 12.8. The van der Waals surface area contributed by atoms with Gasteiger partial charge in [0.2, 0.25) is 0 Å². The van der Waals surface area contributed by atoms with E-state index in [0.29, 0.717) is 12.1 Å². The van der Waals surface area contributed by atoms with Crippen LogP contribution in [0.15, 0.2) is 45.6 Å². The van der Waals surface area contributed by atoms with Crippen LogP contribution < -0.4 is 5.76 Å². The van der Waals surface area contributed by atoms with Crippen molar-refractivity contribution in [1.82, 2.24) is 4.57 Å². The van der Waals surface area contributed by atoms with Gasteiger partial charge in [-0.25, -0.2) is 9.36 Å². The van der Waals surface area contributed by atoms with E-state index in [0.717, 1.165) is 10.6 Å². The molecule has 0 bridgehead atoms. The summed E-state index contributed by atoms with van der Waals surface area (Å²) in [6, 6.07) is 6.01. The first kappa shape index (κ1) is 16.1. The average Bonchev–Trinajstić information content (AvgIpc) is 2.80. The van der Waals surface area contributed by atoms with Gasteiger partial charge in [0.05, 0.1) is 16.0 Å². The molecule has 3 rings (SSSR count). The van der Waals surface area contributed by atoms with Crippen LogP contribution in [-0.4, -0.2) is 9.49 Å². The number of hydrogen-bond acceptors (Lipinski definition) is 4. The smallest absolute Gasteiger partial charge is 0.407 e. The Morgan fingerprint density at radius 2 is 1.88 bits per heavy atom. The van der Waals surface area contributed by atoms with Crippen LogP contribution in [-0.2, 0) is 6.18 Å². The number of benzene rings is 2. The summed E-state index contributed by atoms with van der Waals surface area (Å²) in [7, 11) is 0. The Hall–Kier alpha value is -2.81. The topological polar surface area (TPSA) is 78.3 Å². The number of nitrogens with zero attached hydrogens (tertiary/aromatic N) is 2. The normalized spacial score (nSPS) is 11.8. The number of aromatic nitrogens is 1. The number of fused-ring (bicyclic) bond motifs is 1. The molecule has 24 heavy (non-hydrogen) atoms. The molecule has 0 aliphatic heterocycles. The van der Waals surface area contributed by atoms with Crippen LogP contribution >= 0.6 is 11.6 Å². The summed E-state index contributed by atoms with van der Waals surface area (Å²) in [6.45, 7) is 0. The molecule has 0 spiro atoms. The van der Waals surface area contributed by atoms with Crippen LogP contribution in [0.5, 0.6) is 0 Å². The molecule has 0 saturated heterocycles. The minimum atomic E-state index is -4.75. The van der Waals surface area contributed by atoms with Gasteiger partial charge in [-0.1, -0.05) is 11.6 Å². The number of hydrogen-bond donors (Lipinski definition) is 0. The molecule has 2 aromatic carbocycles. The van der Waals surface area contributed by atoms with Gasteiger partial charge in [-0.15, -0.1) is 0 Å². The van der Waals surface area contributed by atoms with E-state index in [1.165, 1.54) is 18.2 Å². The van der Waals surface area contributed by atoms with Gasteiger partial charge in [-0.2, -0.15) is 13.2 Å². The van der Waals surface area contributed by atoms with Gasteiger partial charge < -0.3 is 4.42 Å². The van der Waals surface area contributed by atoms with Gasteiger partial charge in [0.25, 0.3) is 5.69 Å². The monoisotopic (exact) mass is 358 g/mol. The number of alkyl halides is 3. The molecule has 0 aliphatic carbocycles. The lowest BCUT2D eigenvalue weighted by Gasteiger charge is -2.09. The van der Waals surface area contributed by atoms with Gasteiger partial charge in [-0.05, 0) is 30.3 Å². The number of oxazole rings is 1. The van der Waals surface area contributed by atoms with E-state index in [-0.39, 0.29) is 21.8 Å². The lowest BCUT2D eigenvalue weighted by Crippen LogP contribution is -2.14. The first-order chi connectivity index (χ1) is 11.2.